The Hall–Kier alpha value is -1.61. The van der Waals surface area contributed by atoms with Gasteiger partial charge in [0, 0.05) is 10.5 Å². The molecular formula is C15H13FOS. The van der Waals surface area contributed by atoms with E-state index in [1.54, 1.807) is 12.1 Å². The lowest BCUT2D eigenvalue weighted by atomic mass is 10.1. The van der Waals surface area contributed by atoms with Crippen LogP contribution in [0.1, 0.15) is 15.9 Å². The summed E-state index contributed by atoms with van der Waals surface area (Å²) in [5, 5.41) is 0. The molecule has 0 aromatic heterocycles. The maximum Gasteiger partial charge on any atom is 0.173 e. The molecule has 0 heterocycles. The molecule has 92 valence electrons. The van der Waals surface area contributed by atoms with Crippen LogP contribution in [0.15, 0.2) is 53.4 Å². The second-order valence-electron chi connectivity index (χ2n) is 4.03. The molecule has 0 saturated heterocycles. The van der Waals surface area contributed by atoms with Gasteiger partial charge in [0.05, 0.1) is 5.75 Å². The molecule has 2 aromatic carbocycles. The van der Waals surface area contributed by atoms with Crippen molar-refractivity contribution in [2.75, 3.05) is 5.75 Å². The van der Waals surface area contributed by atoms with Crippen molar-refractivity contribution in [3.63, 3.8) is 0 Å². The van der Waals surface area contributed by atoms with Crippen LogP contribution in [0.3, 0.4) is 0 Å². The fourth-order valence-corrected chi connectivity index (χ4v) is 2.30. The van der Waals surface area contributed by atoms with E-state index in [2.05, 4.69) is 0 Å². The van der Waals surface area contributed by atoms with E-state index in [1.807, 2.05) is 31.2 Å². The van der Waals surface area contributed by atoms with Crippen LogP contribution < -0.4 is 0 Å². The van der Waals surface area contributed by atoms with Gasteiger partial charge in [0.15, 0.2) is 5.78 Å². The van der Waals surface area contributed by atoms with Gasteiger partial charge >= 0.3 is 0 Å². The second-order valence-corrected chi connectivity index (χ2v) is 5.08. The summed E-state index contributed by atoms with van der Waals surface area (Å²) >= 11 is 1.42. The zero-order valence-corrected chi connectivity index (χ0v) is 10.8. The third kappa shape index (κ3) is 3.44. The number of halogens is 1. The van der Waals surface area contributed by atoms with Gasteiger partial charge in [-0.3, -0.25) is 4.79 Å². The number of ketones is 1. The molecule has 0 radical (unpaired) electrons. The number of hydrogen-bond donors (Lipinski definition) is 0. The Kier molecular flexibility index (Phi) is 4.15. The number of benzene rings is 2. The summed E-state index contributed by atoms with van der Waals surface area (Å²) in [6.45, 7) is 1.99. The minimum absolute atomic E-state index is 0.0873. The summed E-state index contributed by atoms with van der Waals surface area (Å²) in [7, 11) is 0. The van der Waals surface area contributed by atoms with E-state index in [-0.39, 0.29) is 11.6 Å². The average Bonchev–Trinajstić information content (AvgIpc) is 2.38. The van der Waals surface area contributed by atoms with Crippen LogP contribution in [-0.4, -0.2) is 11.5 Å². The molecule has 0 aliphatic heterocycles. The van der Waals surface area contributed by atoms with Gasteiger partial charge in [0.1, 0.15) is 5.82 Å². The van der Waals surface area contributed by atoms with Crippen LogP contribution in [0, 0.1) is 12.7 Å². The number of Topliss-reactive ketones (excluding diaryl/α,β-unsaturated/α-hetero) is 1. The fourth-order valence-electron chi connectivity index (χ4n) is 1.50. The average molecular weight is 260 g/mol. The second kappa shape index (κ2) is 5.83. The van der Waals surface area contributed by atoms with E-state index in [0.29, 0.717) is 5.75 Å². The number of rotatable bonds is 4. The number of carbonyl (C=O) groups is 1. The molecule has 0 spiro atoms. The summed E-state index contributed by atoms with van der Waals surface area (Å²) in [6.07, 6.45) is 0. The summed E-state index contributed by atoms with van der Waals surface area (Å²) in [5.74, 6) is 0.197. The first-order valence-electron chi connectivity index (χ1n) is 5.63. The lowest BCUT2D eigenvalue weighted by Crippen LogP contribution is -2.01. The topological polar surface area (TPSA) is 17.1 Å². The molecule has 0 aliphatic carbocycles. The van der Waals surface area contributed by atoms with Gasteiger partial charge in [-0.05, 0) is 31.2 Å². The van der Waals surface area contributed by atoms with Gasteiger partial charge in [-0.15, -0.1) is 11.8 Å². The van der Waals surface area contributed by atoms with Crippen molar-refractivity contribution in [1.29, 1.82) is 0 Å². The van der Waals surface area contributed by atoms with Crippen molar-refractivity contribution >= 4 is 17.5 Å². The Bertz CT molecular complexity index is 531. The number of thioether (sulfide) groups is 1. The summed E-state index contributed by atoms with van der Waals surface area (Å²) in [4.78, 5) is 12.8. The Labute approximate surface area is 110 Å². The normalized spacial score (nSPS) is 10.3. The Morgan fingerprint density at radius 1 is 1.06 bits per heavy atom. The quantitative estimate of drug-likeness (QED) is 0.608. The maximum absolute atomic E-state index is 12.7. The Morgan fingerprint density at radius 2 is 1.67 bits per heavy atom. The molecule has 0 saturated carbocycles. The Balaban J connectivity index is 1.96. The van der Waals surface area contributed by atoms with Gasteiger partial charge in [0.25, 0.3) is 0 Å². The van der Waals surface area contributed by atoms with Crippen LogP contribution in [0.5, 0.6) is 0 Å². The minimum Gasteiger partial charge on any atom is -0.293 e. The third-order valence-corrected chi connectivity index (χ3v) is 3.57. The highest BCUT2D eigenvalue weighted by molar-refractivity contribution is 8.00. The highest BCUT2D eigenvalue weighted by Gasteiger charge is 2.06. The first-order valence-corrected chi connectivity index (χ1v) is 6.62. The van der Waals surface area contributed by atoms with E-state index >= 15 is 0 Å². The van der Waals surface area contributed by atoms with Crippen molar-refractivity contribution in [3.05, 3.63) is 65.5 Å². The molecule has 3 heteroatoms. The van der Waals surface area contributed by atoms with Gasteiger partial charge in [-0.2, -0.15) is 0 Å². The molecule has 0 atom stereocenters. The number of carbonyl (C=O) groups excluding carboxylic acids is 1. The molecule has 1 nitrogen and oxygen atoms in total. The summed E-state index contributed by atoms with van der Waals surface area (Å²) < 4.78 is 12.7. The SMILES string of the molecule is Cc1ccc(C(=O)CSc2ccc(F)cc2)cc1. The summed E-state index contributed by atoms with van der Waals surface area (Å²) in [6, 6.07) is 13.7. The molecule has 0 unspecified atom stereocenters. The molecule has 0 amide bonds. The zero-order valence-electron chi connectivity index (χ0n) is 10.0. The number of aryl methyl sites for hydroxylation is 1. The molecule has 2 aromatic rings. The molecule has 0 bridgehead atoms. The van der Waals surface area contributed by atoms with E-state index < -0.39 is 0 Å². The van der Waals surface area contributed by atoms with Crippen molar-refractivity contribution in [1.82, 2.24) is 0 Å². The predicted octanol–water partition coefficient (Wildman–Crippen LogP) is 4.11. The van der Waals surface area contributed by atoms with Crippen LogP contribution in [0.25, 0.3) is 0 Å². The maximum atomic E-state index is 12.7. The van der Waals surface area contributed by atoms with Crippen LogP contribution in [0.4, 0.5) is 4.39 Å². The predicted molar refractivity (Wildman–Crippen MR) is 72.6 cm³/mol. The standard InChI is InChI=1S/C15H13FOS/c1-11-2-4-12(5-3-11)15(17)10-18-14-8-6-13(16)7-9-14/h2-9H,10H2,1H3. The lowest BCUT2D eigenvalue weighted by molar-refractivity contribution is 0.102. The van der Waals surface area contributed by atoms with E-state index in [1.165, 1.54) is 23.9 Å². The van der Waals surface area contributed by atoms with Crippen molar-refractivity contribution in [2.45, 2.75) is 11.8 Å². The highest BCUT2D eigenvalue weighted by Crippen LogP contribution is 2.19. The van der Waals surface area contributed by atoms with Gasteiger partial charge in [-0.25, -0.2) is 4.39 Å². The monoisotopic (exact) mass is 260 g/mol. The van der Waals surface area contributed by atoms with Gasteiger partial charge in [-0.1, -0.05) is 29.8 Å². The first-order chi connectivity index (χ1) is 8.65. The zero-order chi connectivity index (χ0) is 13.0. The van der Waals surface area contributed by atoms with Crippen LogP contribution >= 0.6 is 11.8 Å². The third-order valence-electron chi connectivity index (χ3n) is 2.56. The highest BCUT2D eigenvalue weighted by atomic mass is 32.2. The lowest BCUT2D eigenvalue weighted by Gasteiger charge is -2.02. The molecule has 0 fully saturated rings. The number of hydrogen-bond acceptors (Lipinski definition) is 2. The van der Waals surface area contributed by atoms with Crippen molar-refractivity contribution < 1.29 is 9.18 Å². The van der Waals surface area contributed by atoms with Crippen LogP contribution in [-0.2, 0) is 0 Å². The van der Waals surface area contributed by atoms with E-state index in [9.17, 15) is 9.18 Å². The molecule has 2 rings (SSSR count). The molecule has 0 aliphatic rings. The van der Waals surface area contributed by atoms with E-state index in [0.717, 1.165) is 16.0 Å². The molecule has 18 heavy (non-hydrogen) atoms. The van der Waals surface area contributed by atoms with Crippen LogP contribution in [0.2, 0.25) is 0 Å². The van der Waals surface area contributed by atoms with Gasteiger partial charge < -0.3 is 0 Å². The van der Waals surface area contributed by atoms with Crippen molar-refractivity contribution in [2.24, 2.45) is 0 Å². The Morgan fingerprint density at radius 3 is 2.28 bits per heavy atom. The van der Waals surface area contributed by atoms with Gasteiger partial charge in [0.2, 0.25) is 0 Å². The molecule has 0 N–H and O–H groups in total. The van der Waals surface area contributed by atoms with E-state index in [4.69, 9.17) is 0 Å². The smallest absolute Gasteiger partial charge is 0.173 e. The fraction of sp³-hybridized carbons (Fsp3) is 0.133. The first kappa shape index (κ1) is 12.8. The van der Waals surface area contributed by atoms with Crippen molar-refractivity contribution in [3.8, 4) is 0 Å². The summed E-state index contributed by atoms with van der Waals surface area (Å²) in [5.41, 5.74) is 1.85. The molecular weight excluding hydrogens is 247 g/mol. The minimum atomic E-state index is -0.260. The largest absolute Gasteiger partial charge is 0.293 e.